The van der Waals surface area contributed by atoms with Crippen LogP contribution in [0.15, 0.2) is 18.2 Å². The van der Waals surface area contributed by atoms with E-state index in [1.807, 2.05) is 0 Å². The maximum absolute atomic E-state index is 13.9. The van der Waals surface area contributed by atoms with Crippen molar-refractivity contribution in [3.8, 4) is 0 Å². The van der Waals surface area contributed by atoms with Crippen LogP contribution in [0, 0.1) is 5.92 Å². The predicted molar refractivity (Wildman–Crippen MR) is 122 cm³/mol. The van der Waals surface area contributed by atoms with Crippen LogP contribution in [0.1, 0.15) is 85.0 Å². The van der Waals surface area contributed by atoms with Gasteiger partial charge in [-0.25, -0.2) is 13.8 Å². The molecule has 14 heteroatoms. The maximum atomic E-state index is 13.9. The van der Waals surface area contributed by atoms with Crippen molar-refractivity contribution in [1.82, 2.24) is 30.7 Å². The Morgan fingerprint density at radius 2 is 1.92 bits per heavy atom. The fraction of sp³-hybridized carbons (Fsp3) is 0.522. The Kier molecular flexibility index (Phi) is 7.20. The zero-order valence-electron chi connectivity index (χ0n) is 19.8. The monoisotopic (exact) mass is 527 g/mol. The number of carbonyl (C=O) groups is 2. The van der Waals surface area contributed by atoms with Crippen LogP contribution in [0.2, 0.25) is 0 Å². The van der Waals surface area contributed by atoms with Crippen LogP contribution in [0.4, 0.5) is 22.0 Å². The van der Waals surface area contributed by atoms with Gasteiger partial charge < -0.3 is 16.0 Å². The third-order valence-electron chi connectivity index (χ3n) is 6.67. The third-order valence-corrected chi connectivity index (χ3v) is 6.67. The summed E-state index contributed by atoms with van der Waals surface area (Å²) in [4.78, 5) is 31.6. The molecule has 0 radical (unpaired) electrons. The first kappa shape index (κ1) is 26.5. The molecule has 37 heavy (non-hydrogen) atoms. The lowest BCUT2D eigenvalue weighted by atomic mass is 9.76. The Morgan fingerprint density at radius 1 is 1.22 bits per heavy atom. The molecular weight excluding hydrogens is 501 g/mol. The fourth-order valence-corrected chi connectivity index (χ4v) is 4.72. The molecule has 5 N–H and O–H groups in total. The number of nitrogens with two attached hydrogens (primary N) is 1. The van der Waals surface area contributed by atoms with Gasteiger partial charge in [0, 0.05) is 19.3 Å². The zero-order valence-corrected chi connectivity index (χ0v) is 19.8. The van der Waals surface area contributed by atoms with E-state index in [0.29, 0.717) is 22.4 Å². The quantitative estimate of drug-likeness (QED) is 0.324. The van der Waals surface area contributed by atoms with Gasteiger partial charge in [0.1, 0.15) is 11.5 Å². The summed E-state index contributed by atoms with van der Waals surface area (Å²) in [7, 11) is 0. The van der Waals surface area contributed by atoms with E-state index in [-0.39, 0.29) is 43.0 Å². The standard InChI is InChI=1S/C23H26F5N7O2/c1-11(30-16(36)6-9-23(26,27)28)13-2-3-14-15(10-13)32-21(31-14)17(12-4-7-22(24,25)8-5-12)18-19(20(29)37)34-35-33-18/h2-3,10-12,17H,4-9H2,1H3,(H2,29,37)(H,30,36)(H,31,32)(H,33,34,35)/t11-,17+/m1/s1. The number of halogens is 5. The SMILES string of the molecule is C[C@@H](NC(=O)CCC(F)(F)F)c1ccc2nc([C@H](c3n[nH]nc3C(N)=O)C3CCC(F)(F)CC3)[nH]c2c1. The molecule has 0 saturated heterocycles. The average Bonchev–Trinajstić information content (AvgIpc) is 3.45. The van der Waals surface area contributed by atoms with Crippen molar-refractivity contribution in [3.05, 3.63) is 41.0 Å². The van der Waals surface area contributed by atoms with Crippen molar-refractivity contribution in [2.75, 3.05) is 0 Å². The number of nitrogens with zero attached hydrogens (tertiary/aromatic N) is 3. The molecule has 200 valence electrons. The van der Waals surface area contributed by atoms with E-state index in [1.165, 1.54) is 0 Å². The number of rotatable bonds is 8. The number of fused-ring (bicyclic) bond motifs is 1. The number of aromatic nitrogens is 5. The number of alkyl halides is 5. The Balaban J connectivity index is 1.61. The molecule has 1 saturated carbocycles. The number of amides is 2. The van der Waals surface area contributed by atoms with E-state index in [2.05, 4.69) is 30.7 Å². The van der Waals surface area contributed by atoms with Crippen LogP contribution in [0.25, 0.3) is 11.0 Å². The number of hydrogen-bond acceptors (Lipinski definition) is 5. The first-order valence-corrected chi connectivity index (χ1v) is 11.8. The van der Waals surface area contributed by atoms with Gasteiger partial charge in [0.15, 0.2) is 5.69 Å². The van der Waals surface area contributed by atoms with Gasteiger partial charge in [-0.1, -0.05) is 6.07 Å². The molecule has 1 aliphatic rings. The summed E-state index contributed by atoms with van der Waals surface area (Å²) in [6.07, 6.45) is -6.58. The number of H-pyrrole nitrogens is 2. The number of primary amides is 1. The highest BCUT2D eigenvalue weighted by Crippen LogP contribution is 2.44. The summed E-state index contributed by atoms with van der Waals surface area (Å²) in [5.74, 6) is -4.89. The van der Waals surface area contributed by atoms with Crippen LogP contribution >= 0.6 is 0 Å². The highest BCUT2D eigenvalue weighted by Gasteiger charge is 2.41. The lowest BCUT2D eigenvalue weighted by Crippen LogP contribution is -2.29. The third kappa shape index (κ3) is 6.23. The molecule has 0 unspecified atom stereocenters. The lowest BCUT2D eigenvalue weighted by molar-refractivity contribution is -0.144. The van der Waals surface area contributed by atoms with Crippen molar-refractivity contribution in [2.45, 2.75) is 69.5 Å². The average molecular weight is 527 g/mol. The number of imidazole rings is 1. The van der Waals surface area contributed by atoms with Gasteiger partial charge in [0.2, 0.25) is 11.8 Å². The number of aromatic amines is 2. The molecule has 2 heterocycles. The highest BCUT2D eigenvalue weighted by molar-refractivity contribution is 5.92. The second-order valence-electron chi connectivity index (χ2n) is 9.40. The molecule has 0 spiro atoms. The second kappa shape index (κ2) is 10.1. The number of carbonyl (C=O) groups excluding carboxylic acids is 2. The predicted octanol–water partition coefficient (Wildman–Crippen LogP) is 4.26. The molecule has 9 nitrogen and oxygen atoms in total. The van der Waals surface area contributed by atoms with Crippen LogP contribution in [-0.4, -0.2) is 49.3 Å². The summed E-state index contributed by atoms with van der Waals surface area (Å²) >= 11 is 0. The molecule has 2 amide bonds. The van der Waals surface area contributed by atoms with Crippen LogP contribution in [-0.2, 0) is 4.79 Å². The van der Waals surface area contributed by atoms with E-state index in [4.69, 9.17) is 5.73 Å². The van der Waals surface area contributed by atoms with Gasteiger partial charge in [0.25, 0.3) is 5.91 Å². The summed E-state index contributed by atoms with van der Waals surface area (Å²) in [6.45, 7) is 1.64. The Hall–Kier alpha value is -3.58. The largest absolute Gasteiger partial charge is 0.389 e. The fourth-order valence-electron chi connectivity index (χ4n) is 4.72. The maximum Gasteiger partial charge on any atom is 0.389 e. The molecular formula is C23H26F5N7O2. The second-order valence-corrected chi connectivity index (χ2v) is 9.40. The summed E-state index contributed by atoms with van der Waals surface area (Å²) < 4.78 is 64.9. The summed E-state index contributed by atoms with van der Waals surface area (Å²) in [5, 5.41) is 12.8. The van der Waals surface area contributed by atoms with E-state index >= 15 is 0 Å². The Labute approximate surface area is 207 Å². The minimum Gasteiger partial charge on any atom is -0.364 e. The summed E-state index contributed by atoms with van der Waals surface area (Å²) in [5.41, 5.74) is 7.28. The highest BCUT2D eigenvalue weighted by atomic mass is 19.4. The van der Waals surface area contributed by atoms with Crippen LogP contribution in [0.5, 0.6) is 0 Å². The first-order chi connectivity index (χ1) is 17.3. The van der Waals surface area contributed by atoms with E-state index in [9.17, 15) is 31.5 Å². The van der Waals surface area contributed by atoms with Gasteiger partial charge in [0.05, 0.1) is 29.4 Å². The summed E-state index contributed by atoms with van der Waals surface area (Å²) in [6, 6.07) is 4.48. The van der Waals surface area contributed by atoms with Crippen molar-refractivity contribution in [2.24, 2.45) is 11.7 Å². The van der Waals surface area contributed by atoms with Crippen molar-refractivity contribution >= 4 is 22.8 Å². The molecule has 0 bridgehead atoms. The van der Waals surface area contributed by atoms with Gasteiger partial charge in [-0.3, -0.25) is 9.59 Å². The lowest BCUT2D eigenvalue weighted by Gasteiger charge is -2.32. The molecule has 1 fully saturated rings. The molecule has 1 aliphatic carbocycles. The van der Waals surface area contributed by atoms with E-state index in [0.717, 1.165) is 0 Å². The number of benzene rings is 1. The number of nitrogens with one attached hydrogen (secondary N) is 3. The van der Waals surface area contributed by atoms with Gasteiger partial charge in [-0.05, 0) is 43.4 Å². The first-order valence-electron chi connectivity index (χ1n) is 11.8. The Morgan fingerprint density at radius 3 is 2.57 bits per heavy atom. The van der Waals surface area contributed by atoms with Crippen molar-refractivity contribution in [3.63, 3.8) is 0 Å². The van der Waals surface area contributed by atoms with E-state index < -0.39 is 48.7 Å². The number of hydrogen-bond donors (Lipinski definition) is 4. The van der Waals surface area contributed by atoms with Crippen molar-refractivity contribution in [1.29, 1.82) is 0 Å². The smallest absolute Gasteiger partial charge is 0.364 e. The van der Waals surface area contributed by atoms with Crippen LogP contribution < -0.4 is 11.1 Å². The molecule has 1 aromatic carbocycles. The normalized spacial score (nSPS) is 18.0. The molecule has 2 atom stereocenters. The molecule has 0 aliphatic heterocycles. The molecule has 4 rings (SSSR count). The van der Waals surface area contributed by atoms with E-state index in [1.54, 1.807) is 25.1 Å². The van der Waals surface area contributed by atoms with Gasteiger partial charge >= 0.3 is 6.18 Å². The molecule has 2 aromatic heterocycles. The van der Waals surface area contributed by atoms with Gasteiger partial charge in [-0.15, -0.1) is 0 Å². The minimum atomic E-state index is -4.42. The Bertz CT molecular complexity index is 1280. The van der Waals surface area contributed by atoms with Crippen molar-refractivity contribution < 1.29 is 31.5 Å². The van der Waals surface area contributed by atoms with Crippen LogP contribution in [0.3, 0.4) is 0 Å². The zero-order chi connectivity index (χ0) is 27.0. The topological polar surface area (TPSA) is 142 Å². The minimum absolute atomic E-state index is 0.0985. The van der Waals surface area contributed by atoms with Gasteiger partial charge in [-0.2, -0.15) is 28.6 Å². The molecule has 3 aromatic rings.